The van der Waals surface area contributed by atoms with Gasteiger partial charge in [-0.15, -0.1) is 0 Å². The third kappa shape index (κ3) is 2.77. The van der Waals surface area contributed by atoms with E-state index in [4.69, 9.17) is 0 Å². The number of fused-ring (bicyclic) bond motifs is 2. The number of piperidine rings is 1. The predicted octanol–water partition coefficient (Wildman–Crippen LogP) is 3.61. The Bertz CT molecular complexity index is 992. The lowest BCUT2D eigenvalue weighted by molar-refractivity contribution is -0.123. The molecule has 1 spiro atoms. The zero-order valence-corrected chi connectivity index (χ0v) is 17.5. The number of para-hydroxylation sites is 1. The first-order valence-corrected chi connectivity index (χ1v) is 11.6. The van der Waals surface area contributed by atoms with Crippen LogP contribution in [0.2, 0.25) is 0 Å². The monoisotopic (exact) mass is 402 g/mol. The first-order chi connectivity index (χ1) is 14.6. The Labute approximate surface area is 178 Å². The Morgan fingerprint density at radius 2 is 1.77 bits per heavy atom. The lowest BCUT2D eigenvalue weighted by Gasteiger charge is -2.44. The summed E-state index contributed by atoms with van der Waals surface area (Å²) in [5.74, 6) is 0.293. The van der Waals surface area contributed by atoms with Gasteiger partial charge in [-0.05, 0) is 73.7 Å². The maximum atomic E-state index is 13.3. The van der Waals surface area contributed by atoms with Gasteiger partial charge in [0.2, 0.25) is 5.91 Å². The van der Waals surface area contributed by atoms with Gasteiger partial charge in [0.05, 0.1) is 17.7 Å². The first kappa shape index (κ1) is 18.6. The molecule has 0 aromatic heterocycles. The summed E-state index contributed by atoms with van der Waals surface area (Å²) in [7, 11) is 0. The SMILES string of the molecule is O=C1C(CN2CCC3(CCc4ccccc43)CC2)Cc2cccc3c2N1CCC3O. The van der Waals surface area contributed by atoms with E-state index in [1.54, 1.807) is 11.1 Å². The minimum absolute atomic E-state index is 0.0351. The molecule has 2 atom stereocenters. The lowest BCUT2D eigenvalue weighted by atomic mass is 9.73. The fraction of sp³-hybridized carbons (Fsp3) is 0.500. The van der Waals surface area contributed by atoms with Gasteiger partial charge < -0.3 is 14.9 Å². The van der Waals surface area contributed by atoms with Crippen LogP contribution in [0, 0.1) is 5.92 Å². The molecule has 1 fully saturated rings. The van der Waals surface area contributed by atoms with Crippen LogP contribution in [-0.4, -0.2) is 42.1 Å². The molecule has 0 saturated carbocycles. The van der Waals surface area contributed by atoms with Crippen LogP contribution in [0.4, 0.5) is 5.69 Å². The van der Waals surface area contributed by atoms with Gasteiger partial charge in [-0.2, -0.15) is 0 Å². The zero-order valence-electron chi connectivity index (χ0n) is 17.5. The topological polar surface area (TPSA) is 43.8 Å². The second-order valence-electron chi connectivity index (χ2n) is 9.79. The first-order valence-electron chi connectivity index (χ1n) is 11.6. The highest BCUT2D eigenvalue weighted by Crippen LogP contribution is 2.46. The molecule has 0 bridgehead atoms. The van der Waals surface area contributed by atoms with Crippen molar-refractivity contribution in [2.75, 3.05) is 31.1 Å². The van der Waals surface area contributed by atoms with Crippen LogP contribution in [0.15, 0.2) is 42.5 Å². The molecular weight excluding hydrogens is 372 g/mol. The number of hydrogen-bond acceptors (Lipinski definition) is 3. The van der Waals surface area contributed by atoms with Crippen molar-refractivity contribution in [1.29, 1.82) is 0 Å². The van der Waals surface area contributed by atoms with Crippen LogP contribution in [0.5, 0.6) is 0 Å². The van der Waals surface area contributed by atoms with Crippen molar-refractivity contribution >= 4 is 11.6 Å². The number of amides is 1. The molecule has 0 radical (unpaired) electrons. The number of aliphatic hydroxyl groups is 1. The summed E-state index contributed by atoms with van der Waals surface area (Å²) >= 11 is 0. The van der Waals surface area contributed by atoms with E-state index in [9.17, 15) is 9.90 Å². The van der Waals surface area contributed by atoms with E-state index in [-0.39, 0.29) is 11.8 Å². The number of aryl methyl sites for hydroxylation is 1. The van der Waals surface area contributed by atoms with Crippen LogP contribution < -0.4 is 4.90 Å². The maximum Gasteiger partial charge on any atom is 0.231 e. The van der Waals surface area contributed by atoms with E-state index in [1.807, 2.05) is 17.0 Å². The van der Waals surface area contributed by atoms with Crippen LogP contribution in [0.25, 0.3) is 0 Å². The van der Waals surface area contributed by atoms with E-state index >= 15 is 0 Å². The maximum absolute atomic E-state index is 13.3. The van der Waals surface area contributed by atoms with Gasteiger partial charge in [-0.3, -0.25) is 4.79 Å². The second kappa shape index (κ2) is 6.93. The summed E-state index contributed by atoms with van der Waals surface area (Å²) in [5, 5.41) is 10.4. The molecule has 4 aliphatic rings. The van der Waals surface area contributed by atoms with Gasteiger partial charge >= 0.3 is 0 Å². The van der Waals surface area contributed by atoms with Crippen molar-refractivity contribution in [2.45, 2.75) is 50.0 Å². The molecule has 1 amide bonds. The Morgan fingerprint density at radius 3 is 2.63 bits per heavy atom. The molecule has 3 aliphatic heterocycles. The standard InChI is InChI=1S/C26H30N2O2/c29-23-9-13-28-24-19(5-3-6-21(23)24)16-20(25(28)30)17-27-14-11-26(12-15-27)10-8-18-4-1-2-7-22(18)26/h1-7,20,23,29H,8-17H2. The molecule has 1 aliphatic carbocycles. The third-order valence-electron chi connectivity index (χ3n) is 8.24. The molecule has 2 aromatic rings. The number of nitrogens with zero attached hydrogens (tertiary/aromatic N) is 2. The molecule has 3 heterocycles. The van der Waals surface area contributed by atoms with Gasteiger partial charge in [-0.25, -0.2) is 0 Å². The number of likely N-dealkylation sites (tertiary alicyclic amines) is 1. The molecular formula is C26H30N2O2. The van der Waals surface area contributed by atoms with Crippen molar-refractivity contribution < 1.29 is 9.90 Å². The second-order valence-corrected chi connectivity index (χ2v) is 9.79. The average Bonchev–Trinajstić information content (AvgIpc) is 3.13. The summed E-state index contributed by atoms with van der Waals surface area (Å²) in [6.45, 7) is 3.67. The highest BCUT2D eigenvalue weighted by molar-refractivity contribution is 5.99. The molecule has 2 aromatic carbocycles. The lowest BCUT2D eigenvalue weighted by Crippen LogP contribution is -2.50. The Balaban J connectivity index is 1.18. The summed E-state index contributed by atoms with van der Waals surface area (Å²) in [6.07, 6.45) is 5.93. The van der Waals surface area contributed by atoms with Crippen molar-refractivity contribution in [3.8, 4) is 0 Å². The summed E-state index contributed by atoms with van der Waals surface area (Å²) < 4.78 is 0. The molecule has 4 heteroatoms. The van der Waals surface area contributed by atoms with Crippen molar-refractivity contribution in [3.63, 3.8) is 0 Å². The zero-order chi connectivity index (χ0) is 20.3. The Hall–Kier alpha value is -2.17. The van der Waals surface area contributed by atoms with Crippen LogP contribution in [0.1, 0.15) is 54.0 Å². The fourth-order valence-corrected chi connectivity index (χ4v) is 6.59. The smallest absolute Gasteiger partial charge is 0.231 e. The van der Waals surface area contributed by atoms with Gasteiger partial charge in [0.1, 0.15) is 0 Å². The minimum atomic E-state index is -0.437. The highest BCUT2D eigenvalue weighted by Gasteiger charge is 2.43. The highest BCUT2D eigenvalue weighted by atomic mass is 16.3. The Kier molecular flexibility index (Phi) is 4.29. The largest absolute Gasteiger partial charge is 0.388 e. The van der Waals surface area contributed by atoms with Crippen LogP contribution >= 0.6 is 0 Å². The number of aliphatic hydroxyl groups excluding tert-OH is 1. The van der Waals surface area contributed by atoms with E-state index in [2.05, 4.69) is 35.2 Å². The van der Waals surface area contributed by atoms with Gasteiger partial charge in [0.15, 0.2) is 0 Å². The van der Waals surface area contributed by atoms with Gasteiger partial charge in [-0.1, -0.05) is 42.5 Å². The van der Waals surface area contributed by atoms with Gasteiger partial charge in [0, 0.05) is 18.7 Å². The van der Waals surface area contributed by atoms with Gasteiger partial charge in [0.25, 0.3) is 0 Å². The van der Waals surface area contributed by atoms with Crippen LogP contribution in [-0.2, 0) is 23.1 Å². The number of hydrogen-bond donors (Lipinski definition) is 1. The number of carbonyl (C=O) groups is 1. The number of rotatable bonds is 2. The molecule has 30 heavy (non-hydrogen) atoms. The summed E-state index contributed by atoms with van der Waals surface area (Å²) in [4.78, 5) is 17.8. The molecule has 6 rings (SSSR count). The molecule has 2 unspecified atom stereocenters. The number of anilines is 1. The summed E-state index contributed by atoms with van der Waals surface area (Å²) in [6, 6.07) is 15.2. The molecule has 4 nitrogen and oxygen atoms in total. The van der Waals surface area contributed by atoms with Crippen molar-refractivity contribution in [3.05, 3.63) is 64.7 Å². The van der Waals surface area contributed by atoms with E-state index in [0.717, 1.165) is 37.3 Å². The fourth-order valence-electron chi connectivity index (χ4n) is 6.59. The van der Waals surface area contributed by atoms with Crippen molar-refractivity contribution in [1.82, 2.24) is 4.90 Å². The number of benzene rings is 2. The van der Waals surface area contributed by atoms with E-state index in [0.29, 0.717) is 18.4 Å². The summed E-state index contributed by atoms with van der Waals surface area (Å²) in [5.41, 5.74) is 6.67. The third-order valence-corrected chi connectivity index (χ3v) is 8.24. The normalized spacial score (nSPS) is 27.2. The quantitative estimate of drug-likeness (QED) is 0.835. The molecule has 1 saturated heterocycles. The Morgan fingerprint density at radius 1 is 0.967 bits per heavy atom. The van der Waals surface area contributed by atoms with E-state index < -0.39 is 6.10 Å². The molecule has 156 valence electrons. The predicted molar refractivity (Wildman–Crippen MR) is 118 cm³/mol. The van der Waals surface area contributed by atoms with E-state index in [1.165, 1.54) is 31.2 Å². The van der Waals surface area contributed by atoms with Crippen molar-refractivity contribution in [2.24, 2.45) is 5.92 Å². The number of carbonyl (C=O) groups excluding carboxylic acids is 1. The van der Waals surface area contributed by atoms with Crippen LogP contribution in [0.3, 0.4) is 0 Å². The molecule has 1 N–H and O–H groups in total. The average molecular weight is 403 g/mol. The minimum Gasteiger partial charge on any atom is -0.388 e.